The second-order valence-electron chi connectivity index (χ2n) is 7.06. The molecule has 1 aromatic carbocycles. The van der Waals surface area contributed by atoms with Crippen LogP contribution in [0.25, 0.3) is 5.69 Å². The van der Waals surface area contributed by atoms with Crippen LogP contribution >= 0.6 is 0 Å². The SMILES string of the molecule is CC.O=C1CCC(N2Cc3cc(-n4cc5c(c4)CNC5)ccc3C2=O)C(=O)N1. The van der Waals surface area contributed by atoms with Crippen molar-refractivity contribution >= 4 is 17.7 Å². The molecule has 1 atom stereocenters. The van der Waals surface area contributed by atoms with Crippen molar-refractivity contribution in [2.24, 2.45) is 0 Å². The zero-order valence-corrected chi connectivity index (χ0v) is 16.1. The number of aromatic nitrogens is 1. The Morgan fingerprint density at radius 3 is 2.39 bits per heavy atom. The van der Waals surface area contributed by atoms with Crippen molar-refractivity contribution in [3.05, 3.63) is 52.8 Å². The summed E-state index contributed by atoms with van der Waals surface area (Å²) in [6.45, 7) is 6.17. The summed E-state index contributed by atoms with van der Waals surface area (Å²) in [5, 5.41) is 5.65. The van der Waals surface area contributed by atoms with Gasteiger partial charge in [0.05, 0.1) is 0 Å². The minimum absolute atomic E-state index is 0.139. The summed E-state index contributed by atoms with van der Waals surface area (Å²) >= 11 is 0. The van der Waals surface area contributed by atoms with Crippen molar-refractivity contribution in [3.63, 3.8) is 0 Å². The molecule has 3 amide bonds. The van der Waals surface area contributed by atoms with Gasteiger partial charge in [-0.1, -0.05) is 13.8 Å². The van der Waals surface area contributed by atoms with E-state index in [-0.39, 0.29) is 24.1 Å². The van der Waals surface area contributed by atoms with Crippen LogP contribution in [0.2, 0.25) is 0 Å². The highest BCUT2D eigenvalue weighted by Gasteiger charge is 2.39. The molecule has 3 aliphatic heterocycles. The van der Waals surface area contributed by atoms with Gasteiger partial charge in [0.25, 0.3) is 5.91 Å². The van der Waals surface area contributed by atoms with E-state index in [1.54, 1.807) is 4.90 Å². The number of rotatable bonds is 2. The first kappa shape index (κ1) is 18.4. The van der Waals surface area contributed by atoms with Crippen molar-refractivity contribution in [1.82, 2.24) is 20.1 Å². The molecule has 0 radical (unpaired) electrons. The lowest BCUT2D eigenvalue weighted by Crippen LogP contribution is -2.52. The Morgan fingerprint density at radius 2 is 1.71 bits per heavy atom. The Morgan fingerprint density at radius 1 is 1.00 bits per heavy atom. The van der Waals surface area contributed by atoms with Crippen molar-refractivity contribution in [2.75, 3.05) is 0 Å². The number of amides is 3. The largest absolute Gasteiger partial charge is 0.323 e. The topological polar surface area (TPSA) is 83.4 Å². The number of piperidine rings is 1. The van der Waals surface area contributed by atoms with Gasteiger partial charge in [0.1, 0.15) is 6.04 Å². The second kappa shape index (κ2) is 7.24. The molecule has 7 heteroatoms. The fourth-order valence-electron chi connectivity index (χ4n) is 4.06. The molecule has 146 valence electrons. The van der Waals surface area contributed by atoms with E-state index >= 15 is 0 Å². The van der Waals surface area contributed by atoms with Gasteiger partial charge in [-0.2, -0.15) is 0 Å². The van der Waals surface area contributed by atoms with E-state index < -0.39 is 6.04 Å². The van der Waals surface area contributed by atoms with E-state index in [1.165, 1.54) is 11.1 Å². The van der Waals surface area contributed by atoms with Crippen molar-refractivity contribution in [2.45, 2.75) is 52.4 Å². The van der Waals surface area contributed by atoms with Gasteiger partial charge in [-0.15, -0.1) is 0 Å². The number of hydrogen-bond acceptors (Lipinski definition) is 4. The molecule has 0 aliphatic carbocycles. The Kier molecular flexibility index (Phi) is 4.77. The predicted molar refractivity (Wildman–Crippen MR) is 104 cm³/mol. The Bertz CT molecular complexity index is 941. The van der Waals surface area contributed by atoms with E-state index in [1.807, 2.05) is 32.0 Å². The molecule has 0 spiro atoms. The quantitative estimate of drug-likeness (QED) is 0.779. The predicted octanol–water partition coefficient (Wildman–Crippen LogP) is 1.87. The molecule has 0 saturated carbocycles. The zero-order chi connectivity index (χ0) is 19.8. The van der Waals surface area contributed by atoms with E-state index in [0.717, 1.165) is 24.3 Å². The van der Waals surface area contributed by atoms with Crippen LogP contribution in [-0.4, -0.2) is 33.2 Å². The third-order valence-electron chi connectivity index (χ3n) is 5.44. The first-order valence-corrected chi connectivity index (χ1v) is 9.78. The van der Waals surface area contributed by atoms with Gasteiger partial charge >= 0.3 is 0 Å². The van der Waals surface area contributed by atoms with Crippen LogP contribution in [0.1, 0.15) is 53.7 Å². The molecule has 28 heavy (non-hydrogen) atoms. The molecule has 4 heterocycles. The maximum atomic E-state index is 12.7. The van der Waals surface area contributed by atoms with Crippen LogP contribution in [0.15, 0.2) is 30.6 Å². The molecule has 2 aromatic rings. The standard InChI is InChI=1S/C19H18N4O3.C2H6/c24-17-4-3-16(18(25)21-17)23-10-11-5-14(1-2-15(11)19(23)26)22-8-12-6-20-7-13(12)9-22;1-2/h1-2,5,8-9,16,20H,3-4,6-7,10H2,(H,21,24,25);1-2H3. The van der Waals surface area contributed by atoms with Gasteiger partial charge in [-0.05, 0) is 41.3 Å². The number of nitrogens with one attached hydrogen (secondary N) is 2. The molecule has 2 N–H and O–H groups in total. The summed E-state index contributed by atoms with van der Waals surface area (Å²) in [6.07, 6.45) is 4.89. The van der Waals surface area contributed by atoms with Crippen LogP contribution in [0, 0.1) is 0 Å². The van der Waals surface area contributed by atoms with Gasteiger partial charge in [0.2, 0.25) is 11.8 Å². The number of benzene rings is 1. The molecule has 3 aliphatic rings. The number of fused-ring (bicyclic) bond motifs is 2. The monoisotopic (exact) mass is 380 g/mol. The van der Waals surface area contributed by atoms with Crippen molar-refractivity contribution in [3.8, 4) is 5.69 Å². The maximum absolute atomic E-state index is 12.7. The number of imide groups is 1. The van der Waals surface area contributed by atoms with E-state index in [9.17, 15) is 14.4 Å². The van der Waals surface area contributed by atoms with Gasteiger partial charge < -0.3 is 14.8 Å². The fraction of sp³-hybridized carbons (Fsp3) is 0.381. The normalized spacial score (nSPS) is 20.4. The fourth-order valence-corrected chi connectivity index (χ4v) is 4.06. The highest BCUT2D eigenvalue weighted by Crippen LogP contribution is 2.30. The zero-order valence-electron chi connectivity index (χ0n) is 16.1. The average Bonchev–Trinajstić information content (AvgIpc) is 3.37. The molecule has 1 aromatic heterocycles. The highest BCUT2D eigenvalue weighted by atomic mass is 16.2. The third-order valence-corrected chi connectivity index (χ3v) is 5.44. The van der Waals surface area contributed by atoms with Crippen molar-refractivity contribution < 1.29 is 14.4 Å². The smallest absolute Gasteiger partial charge is 0.255 e. The van der Waals surface area contributed by atoms with Gasteiger partial charge in [0, 0.05) is 49.7 Å². The van der Waals surface area contributed by atoms with E-state index in [4.69, 9.17) is 0 Å². The summed E-state index contributed by atoms with van der Waals surface area (Å²) in [6, 6.07) is 5.22. The molecule has 0 bridgehead atoms. The average molecular weight is 380 g/mol. The summed E-state index contributed by atoms with van der Waals surface area (Å²) < 4.78 is 2.09. The van der Waals surface area contributed by atoms with E-state index in [2.05, 4.69) is 27.6 Å². The summed E-state index contributed by atoms with van der Waals surface area (Å²) in [7, 11) is 0. The lowest BCUT2D eigenvalue weighted by molar-refractivity contribution is -0.136. The highest BCUT2D eigenvalue weighted by molar-refractivity contribution is 6.05. The number of carbonyl (C=O) groups excluding carboxylic acids is 3. The Balaban J connectivity index is 0.000000932. The third kappa shape index (κ3) is 3.01. The summed E-state index contributed by atoms with van der Waals surface area (Å²) in [5.41, 5.74) is 5.17. The first-order chi connectivity index (χ1) is 13.6. The Hall–Kier alpha value is -2.93. The first-order valence-electron chi connectivity index (χ1n) is 9.78. The summed E-state index contributed by atoms with van der Waals surface area (Å²) in [4.78, 5) is 37.8. The lowest BCUT2D eigenvalue weighted by atomic mass is 10.0. The maximum Gasteiger partial charge on any atom is 0.255 e. The molecular formula is C21H24N4O3. The van der Waals surface area contributed by atoms with Crippen LogP contribution in [0.3, 0.4) is 0 Å². The van der Waals surface area contributed by atoms with E-state index in [0.29, 0.717) is 18.5 Å². The van der Waals surface area contributed by atoms with Gasteiger partial charge in [0.15, 0.2) is 0 Å². The molecule has 1 saturated heterocycles. The molecular weight excluding hydrogens is 356 g/mol. The second-order valence-corrected chi connectivity index (χ2v) is 7.06. The molecule has 1 fully saturated rings. The molecule has 1 unspecified atom stereocenters. The van der Waals surface area contributed by atoms with Gasteiger partial charge in [-0.25, -0.2) is 0 Å². The lowest BCUT2D eigenvalue weighted by Gasteiger charge is -2.29. The van der Waals surface area contributed by atoms with Gasteiger partial charge in [-0.3, -0.25) is 19.7 Å². The molecule has 7 nitrogen and oxygen atoms in total. The van der Waals surface area contributed by atoms with Crippen LogP contribution in [0.5, 0.6) is 0 Å². The molecule has 5 rings (SSSR count). The minimum Gasteiger partial charge on any atom is -0.323 e. The van der Waals surface area contributed by atoms with Crippen molar-refractivity contribution in [1.29, 1.82) is 0 Å². The number of hydrogen-bond donors (Lipinski definition) is 2. The summed E-state index contributed by atoms with van der Waals surface area (Å²) in [5.74, 6) is -0.787. The van der Waals surface area contributed by atoms with Crippen LogP contribution in [0.4, 0.5) is 0 Å². The number of nitrogens with zero attached hydrogens (tertiary/aromatic N) is 2. The Labute approximate surface area is 163 Å². The van der Waals surface area contributed by atoms with Crippen LogP contribution in [-0.2, 0) is 29.2 Å². The number of carbonyl (C=O) groups is 3. The minimum atomic E-state index is -0.572. The van der Waals surface area contributed by atoms with Crippen LogP contribution < -0.4 is 10.6 Å².